The lowest BCUT2D eigenvalue weighted by Gasteiger charge is -2.12. The molecule has 1 aromatic rings. The highest BCUT2D eigenvalue weighted by Gasteiger charge is 2.28. The lowest BCUT2D eigenvalue weighted by molar-refractivity contribution is 0.0950. The molecule has 2 rings (SSSR count). The summed E-state index contributed by atoms with van der Waals surface area (Å²) in [5.74, 6) is 0.517. The zero-order chi connectivity index (χ0) is 12.4. The minimum absolute atomic E-state index is 0.0825. The third-order valence-electron chi connectivity index (χ3n) is 3.15. The Morgan fingerprint density at radius 1 is 1.59 bits per heavy atom. The number of amides is 1. The fraction of sp³-hybridized carbons (Fsp3) is 0.462. The zero-order valence-corrected chi connectivity index (χ0v) is 10.6. The van der Waals surface area contributed by atoms with E-state index in [1.807, 2.05) is 6.92 Å². The van der Waals surface area contributed by atoms with Crippen molar-refractivity contribution in [2.75, 3.05) is 6.54 Å². The molecule has 1 saturated carbocycles. The summed E-state index contributed by atoms with van der Waals surface area (Å²) in [5, 5.41) is 3.54. The molecule has 3 N–H and O–H groups in total. The van der Waals surface area contributed by atoms with Gasteiger partial charge in [0.15, 0.2) is 0 Å². The van der Waals surface area contributed by atoms with Crippen molar-refractivity contribution in [1.29, 1.82) is 0 Å². The van der Waals surface area contributed by atoms with Crippen LogP contribution in [0.2, 0.25) is 5.02 Å². The maximum atomic E-state index is 11.8. The molecular formula is C13H17ClN2O. The average Bonchev–Trinajstić information content (AvgIpc) is 3.13. The summed E-state index contributed by atoms with van der Waals surface area (Å²) >= 11 is 5.91. The Hall–Kier alpha value is -1.06. The molecular weight excluding hydrogens is 236 g/mol. The van der Waals surface area contributed by atoms with Crippen LogP contribution in [0.4, 0.5) is 0 Å². The molecule has 4 heteroatoms. The number of nitrogens with one attached hydrogen (secondary N) is 1. The smallest absolute Gasteiger partial charge is 0.251 e. The highest BCUT2D eigenvalue weighted by atomic mass is 35.5. The summed E-state index contributed by atoms with van der Waals surface area (Å²) in [6.07, 6.45) is 2.38. The number of rotatable bonds is 4. The second kappa shape index (κ2) is 5.07. The Balaban J connectivity index is 1.92. The molecule has 1 aliphatic carbocycles. The molecule has 1 aromatic carbocycles. The number of carbonyl (C=O) groups excluding carboxylic acids is 1. The van der Waals surface area contributed by atoms with Gasteiger partial charge in [-0.25, -0.2) is 0 Å². The summed E-state index contributed by atoms with van der Waals surface area (Å²) in [4.78, 5) is 11.8. The standard InChI is InChI=1S/C13H17ClN2O/c1-8-6-10(4-5-11(8)14)13(17)16-7-12(15)9-2-3-9/h4-6,9,12H,2-3,7,15H2,1H3,(H,16,17). The number of aryl methyl sites for hydroxylation is 1. The van der Waals surface area contributed by atoms with E-state index >= 15 is 0 Å². The number of hydrogen-bond donors (Lipinski definition) is 2. The molecule has 1 aliphatic rings. The Morgan fingerprint density at radius 3 is 2.88 bits per heavy atom. The lowest BCUT2D eigenvalue weighted by Crippen LogP contribution is -2.38. The SMILES string of the molecule is Cc1cc(C(=O)NCC(N)C2CC2)ccc1Cl. The Kier molecular flexibility index (Phi) is 3.69. The van der Waals surface area contributed by atoms with Crippen LogP contribution in [0.3, 0.4) is 0 Å². The van der Waals surface area contributed by atoms with Crippen LogP contribution in [-0.2, 0) is 0 Å². The predicted molar refractivity (Wildman–Crippen MR) is 69.2 cm³/mol. The van der Waals surface area contributed by atoms with Crippen molar-refractivity contribution >= 4 is 17.5 Å². The molecule has 0 radical (unpaired) electrons. The zero-order valence-electron chi connectivity index (χ0n) is 9.87. The van der Waals surface area contributed by atoms with Crippen molar-refractivity contribution in [3.8, 4) is 0 Å². The Bertz CT molecular complexity index is 429. The first-order chi connectivity index (χ1) is 8.08. The highest BCUT2D eigenvalue weighted by molar-refractivity contribution is 6.31. The minimum atomic E-state index is -0.0825. The number of benzene rings is 1. The fourth-order valence-electron chi connectivity index (χ4n) is 1.79. The summed E-state index contributed by atoms with van der Waals surface area (Å²) in [7, 11) is 0. The quantitative estimate of drug-likeness (QED) is 0.863. The van der Waals surface area contributed by atoms with Crippen LogP contribution in [0.5, 0.6) is 0 Å². The monoisotopic (exact) mass is 252 g/mol. The van der Waals surface area contributed by atoms with Crippen molar-refractivity contribution in [3.63, 3.8) is 0 Å². The topological polar surface area (TPSA) is 55.1 Å². The van der Waals surface area contributed by atoms with Gasteiger partial charge in [-0.2, -0.15) is 0 Å². The molecule has 0 bridgehead atoms. The second-order valence-electron chi connectivity index (χ2n) is 4.68. The Labute approximate surface area is 106 Å². The molecule has 0 saturated heterocycles. The van der Waals surface area contributed by atoms with Gasteiger partial charge in [-0.05, 0) is 49.4 Å². The summed E-state index contributed by atoms with van der Waals surface area (Å²) in [6.45, 7) is 2.43. The van der Waals surface area contributed by atoms with E-state index in [1.165, 1.54) is 12.8 Å². The molecule has 0 spiro atoms. The summed E-state index contributed by atoms with van der Waals surface area (Å²) in [6, 6.07) is 5.35. The van der Waals surface area contributed by atoms with E-state index in [0.717, 1.165) is 5.56 Å². The van der Waals surface area contributed by atoms with Gasteiger partial charge >= 0.3 is 0 Å². The molecule has 3 nitrogen and oxygen atoms in total. The van der Waals surface area contributed by atoms with Crippen molar-refractivity contribution in [1.82, 2.24) is 5.32 Å². The van der Waals surface area contributed by atoms with Crippen LogP contribution in [-0.4, -0.2) is 18.5 Å². The largest absolute Gasteiger partial charge is 0.350 e. The molecule has 17 heavy (non-hydrogen) atoms. The van der Waals surface area contributed by atoms with Gasteiger partial charge < -0.3 is 11.1 Å². The van der Waals surface area contributed by atoms with E-state index in [4.69, 9.17) is 17.3 Å². The van der Waals surface area contributed by atoms with E-state index in [2.05, 4.69) is 5.32 Å². The van der Waals surface area contributed by atoms with Crippen molar-refractivity contribution in [2.45, 2.75) is 25.8 Å². The van der Waals surface area contributed by atoms with E-state index in [1.54, 1.807) is 18.2 Å². The predicted octanol–water partition coefficient (Wildman–Crippen LogP) is 2.12. The van der Waals surface area contributed by atoms with Crippen LogP contribution in [0.1, 0.15) is 28.8 Å². The number of hydrogen-bond acceptors (Lipinski definition) is 2. The van der Waals surface area contributed by atoms with Gasteiger partial charge in [0.05, 0.1) is 0 Å². The van der Waals surface area contributed by atoms with Crippen LogP contribution in [0.15, 0.2) is 18.2 Å². The number of nitrogens with two attached hydrogens (primary N) is 1. The third kappa shape index (κ3) is 3.20. The van der Waals surface area contributed by atoms with E-state index in [9.17, 15) is 4.79 Å². The van der Waals surface area contributed by atoms with Crippen molar-refractivity contribution in [3.05, 3.63) is 34.3 Å². The first-order valence-electron chi connectivity index (χ1n) is 5.88. The van der Waals surface area contributed by atoms with E-state index in [0.29, 0.717) is 23.0 Å². The minimum Gasteiger partial charge on any atom is -0.350 e. The van der Waals surface area contributed by atoms with E-state index < -0.39 is 0 Å². The van der Waals surface area contributed by atoms with Crippen molar-refractivity contribution < 1.29 is 4.79 Å². The molecule has 1 unspecified atom stereocenters. The first kappa shape index (κ1) is 12.4. The Morgan fingerprint density at radius 2 is 2.29 bits per heavy atom. The van der Waals surface area contributed by atoms with Gasteiger partial charge in [0.1, 0.15) is 0 Å². The van der Waals surface area contributed by atoms with E-state index in [-0.39, 0.29) is 11.9 Å². The number of carbonyl (C=O) groups is 1. The molecule has 1 atom stereocenters. The normalized spacial score (nSPS) is 16.6. The molecule has 0 heterocycles. The second-order valence-corrected chi connectivity index (χ2v) is 5.08. The highest BCUT2D eigenvalue weighted by Crippen LogP contribution is 2.31. The van der Waals surface area contributed by atoms with Gasteiger partial charge in [-0.3, -0.25) is 4.79 Å². The molecule has 0 aliphatic heterocycles. The summed E-state index contributed by atoms with van der Waals surface area (Å²) < 4.78 is 0. The maximum absolute atomic E-state index is 11.8. The van der Waals surface area contributed by atoms with Gasteiger partial charge in [-0.15, -0.1) is 0 Å². The lowest BCUT2D eigenvalue weighted by atomic mass is 10.1. The van der Waals surface area contributed by atoms with Crippen LogP contribution >= 0.6 is 11.6 Å². The molecule has 0 aromatic heterocycles. The van der Waals surface area contributed by atoms with Crippen LogP contribution < -0.4 is 11.1 Å². The van der Waals surface area contributed by atoms with Crippen LogP contribution in [0, 0.1) is 12.8 Å². The van der Waals surface area contributed by atoms with Gasteiger partial charge in [0.2, 0.25) is 0 Å². The van der Waals surface area contributed by atoms with Gasteiger partial charge in [0.25, 0.3) is 5.91 Å². The third-order valence-corrected chi connectivity index (χ3v) is 3.57. The first-order valence-corrected chi connectivity index (χ1v) is 6.25. The fourth-order valence-corrected chi connectivity index (χ4v) is 1.91. The molecule has 1 amide bonds. The number of halogens is 1. The van der Waals surface area contributed by atoms with Crippen molar-refractivity contribution in [2.24, 2.45) is 11.7 Å². The maximum Gasteiger partial charge on any atom is 0.251 e. The molecule has 92 valence electrons. The summed E-state index contributed by atoms with van der Waals surface area (Å²) in [5.41, 5.74) is 7.47. The van der Waals surface area contributed by atoms with Crippen LogP contribution in [0.25, 0.3) is 0 Å². The average molecular weight is 253 g/mol. The molecule has 1 fully saturated rings. The van der Waals surface area contributed by atoms with Gasteiger partial charge in [0, 0.05) is 23.2 Å². The van der Waals surface area contributed by atoms with Gasteiger partial charge in [-0.1, -0.05) is 11.6 Å².